The van der Waals surface area contributed by atoms with Gasteiger partial charge < -0.3 is 5.32 Å². The van der Waals surface area contributed by atoms with Crippen molar-refractivity contribution in [3.05, 3.63) is 80.0 Å². The molecule has 2 fully saturated rings. The highest BCUT2D eigenvalue weighted by Crippen LogP contribution is 2.47. The lowest BCUT2D eigenvalue weighted by molar-refractivity contribution is -0.0847. The average molecular weight is 561 g/mol. The van der Waals surface area contributed by atoms with E-state index in [1.165, 1.54) is 15.2 Å². The van der Waals surface area contributed by atoms with Crippen molar-refractivity contribution in [2.24, 2.45) is 13.0 Å². The first kappa shape index (κ1) is 27.3. The van der Waals surface area contributed by atoms with E-state index in [0.29, 0.717) is 80.4 Å². The van der Waals surface area contributed by atoms with Crippen LogP contribution in [0.1, 0.15) is 61.8 Å². The van der Waals surface area contributed by atoms with Crippen LogP contribution in [0.2, 0.25) is 0 Å². The number of benzene rings is 1. The zero-order valence-corrected chi connectivity index (χ0v) is 23.4. The second-order valence-corrected chi connectivity index (χ2v) is 11.7. The first-order valence-electron chi connectivity index (χ1n) is 14.3. The van der Waals surface area contributed by atoms with Gasteiger partial charge in [0.05, 0.1) is 16.9 Å². The molecular formula is C31H34F2N6O2. The molecule has 1 saturated heterocycles. The zero-order valence-electron chi connectivity index (χ0n) is 23.4. The minimum absolute atomic E-state index is 0.0116. The van der Waals surface area contributed by atoms with Crippen LogP contribution in [0, 0.1) is 17.2 Å². The summed E-state index contributed by atoms with van der Waals surface area (Å²) in [4.78, 5) is 33.4. The van der Waals surface area contributed by atoms with E-state index >= 15 is 8.78 Å². The van der Waals surface area contributed by atoms with Crippen LogP contribution in [0.15, 0.2) is 52.1 Å². The highest BCUT2D eigenvalue weighted by atomic mass is 19.3. The number of rotatable bonds is 1. The zero-order chi connectivity index (χ0) is 28.9. The molecule has 1 atom stereocenters. The Morgan fingerprint density at radius 2 is 1.85 bits per heavy atom. The molecule has 41 heavy (non-hydrogen) atoms. The molecule has 0 unspecified atom stereocenters. The molecule has 6 bridgehead atoms. The topological polar surface area (TPSA) is 96.0 Å². The van der Waals surface area contributed by atoms with E-state index in [1.54, 1.807) is 31.3 Å². The third kappa shape index (κ3) is 4.76. The third-order valence-electron chi connectivity index (χ3n) is 9.09. The van der Waals surface area contributed by atoms with Crippen LogP contribution >= 0.6 is 0 Å². The van der Waals surface area contributed by atoms with Crippen LogP contribution in [0.25, 0.3) is 11.0 Å². The number of alkyl halides is 2. The molecule has 0 spiro atoms. The van der Waals surface area contributed by atoms with Crippen LogP contribution in [0.5, 0.6) is 0 Å². The fourth-order valence-corrected chi connectivity index (χ4v) is 6.32. The van der Waals surface area contributed by atoms with E-state index in [0.717, 1.165) is 0 Å². The van der Waals surface area contributed by atoms with E-state index in [2.05, 4.69) is 21.3 Å². The van der Waals surface area contributed by atoms with Crippen molar-refractivity contribution in [2.75, 3.05) is 25.0 Å². The maximum atomic E-state index is 15.7. The van der Waals surface area contributed by atoms with Crippen molar-refractivity contribution in [1.29, 1.82) is 5.26 Å². The quantitative estimate of drug-likeness (QED) is 0.438. The van der Waals surface area contributed by atoms with Gasteiger partial charge in [-0.1, -0.05) is 30.4 Å². The minimum atomic E-state index is -2.96. The van der Waals surface area contributed by atoms with Gasteiger partial charge in [-0.2, -0.15) is 10.2 Å². The molecule has 214 valence electrons. The highest BCUT2D eigenvalue weighted by Gasteiger charge is 2.47. The largest absolute Gasteiger partial charge is 0.363 e. The summed E-state index contributed by atoms with van der Waals surface area (Å²) >= 11 is 0. The molecule has 10 heteroatoms. The molecule has 5 aliphatic heterocycles. The summed E-state index contributed by atoms with van der Waals surface area (Å²) in [6.07, 6.45) is 6.57. The Bertz CT molecular complexity index is 1690. The molecule has 1 saturated carbocycles. The van der Waals surface area contributed by atoms with Gasteiger partial charge in [-0.15, -0.1) is 0 Å². The molecular weight excluding hydrogens is 526 g/mol. The summed E-state index contributed by atoms with van der Waals surface area (Å²) < 4.78 is 34.4. The maximum absolute atomic E-state index is 15.7. The molecule has 9 rings (SSSR count). The number of allylic oxidation sites excluding steroid dienone is 1. The van der Waals surface area contributed by atoms with Crippen LogP contribution in [0.3, 0.4) is 0 Å². The van der Waals surface area contributed by atoms with Crippen molar-refractivity contribution < 1.29 is 8.78 Å². The molecule has 0 radical (unpaired) electrons. The van der Waals surface area contributed by atoms with Gasteiger partial charge in [0.1, 0.15) is 11.5 Å². The standard InChI is InChI=1S/C31H34F2N6O2/c1-20-21-7-6-8-23(17-21)31(32,33)22-9-15-38(16-10-22)13-4-3-5-14-39-27-24(26(35-20)36-29(39)41)18-25(28(40)37(27)2)30(19-34)11-12-30/h3-4,6-8,17-18,20,22H,5,9-16H2,1-2H3,(H,35,36,41)/b4-3-/t20-/m1/s1. The highest BCUT2D eigenvalue weighted by molar-refractivity contribution is 5.88. The molecule has 2 aromatic heterocycles. The van der Waals surface area contributed by atoms with Crippen molar-refractivity contribution in [2.45, 2.75) is 63.0 Å². The Labute approximate surface area is 236 Å². The lowest BCUT2D eigenvalue weighted by Gasteiger charge is -2.35. The maximum Gasteiger partial charge on any atom is 0.351 e. The first-order chi connectivity index (χ1) is 19.6. The summed E-state index contributed by atoms with van der Waals surface area (Å²) in [5, 5.41) is 13.7. The van der Waals surface area contributed by atoms with Crippen LogP contribution in [-0.2, 0) is 24.9 Å². The average Bonchev–Trinajstić information content (AvgIpc) is 3.77. The summed E-state index contributed by atoms with van der Waals surface area (Å²) in [7, 11) is 1.62. The fraction of sp³-hybridized carbons (Fsp3) is 0.484. The Kier molecular flexibility index (Phi) is 6.81. The second kappa shape index (κ2) is 10.2. The van der Waals surface area contributed by atoms with Crippen LogP contribution in [-0.4, -0.2) is 38.7 Å². The summed E-state index contributed by atoms with van der Waals surface area (Å²) in [5.74, 6) is -3.43. The molecule has 7 heterocycles. The van der Waals surface area contributed by atoms with Crippen molar-refractivity contribution in [1.82, 2.24) is 19.0 Å². The smallest absolute Gasteiger partial charge is 0.351 e. The predicted octanol–water partition coefficient (Wildman–Crippen LogP) is 4.59. The van der Waals surface area contributed by atoms with Gasteiger partial charge in [0.15, 0.2) is 0 Å². The first-order valence-corrected chi connectivity index (χ1v) is 14.3. The Balaban J connectivity index is 1.51. The van der Waals surface area contributed by atoms with E-state index < -0.39 is 29.0 Å². The van der Waals surface area contributed by atoms with Crippen molar-refractivity contribution in [3.63, 3.8) is 0 Å². The van der Waals surface area contributed by atoms with Crippen LogP contribution in [0.4, 0.5) is 14.6 Å². The van der Waals surface area contributed by atoms with Crippen LogP contribution < -0.4 is 16.6 Å². The summed E-state index contributed by atoms with van der Waals surface area (Å²) in [6, 6.07) is 10.00. The molecule has 1 aliphatic carbocycles. The Hall–Kier alpha value is -3.84. The lowest BCUT2D eigenvalue weighted by atomic mass is 9.85. The van der Waals surface area contributed by atoms with Gasteiger partial charge in [-0.25, -0.2) is 13.6 Å². The van der Waals surface area contributed by atoms with Gasteiger partial charge in [0, 0.05) is 43.2 Å². The Morgan fingerprint density at radius 1 is 1.10 bits per heavy atom. The second-order valence-electron chi connectivity index (χ2n) is 11.7. The summed E-state index contributed by atoms with van der Waals surface area (Å²) in [5.41, 5.74) is -0.216. The predicted molar refractivity (Wildman–Crippen MR) is 153 cm³/mol. The SMILES string of the molecule is C[C@H]1Nc2nc(=O)n(c3c2cc(C2(C#N)CC2)c(=O)n3C)CC/C=C\CN2CCC(CC2)C(F)(F)c2cccc1c2. The Morgan fingerprint density at radius 3 is 2.56 bits per heavy atom. The van der Waals surface area contributed by atoms with Crippen molar-refractivity contribution >= 4 is 16.9 Å². The molecule has 1 aromatic carbocycles. The normalized spacial score (nSPS) is 25.9. The molecule has 6 aliphatic rings. The van der Waals surface area contributed by atoms with Gasteiger partial charge in [0.25, 0.3) is 11.5 Å². The van der Waals surface area contributed by atoms with Gasteiger partial charge >= 0.3 is 5.69 Å². The monoisotopic (exact) mass is 560 g/mol. The number of hydrogen-bond acceptors (Lipinski definition) is 6. The number of nitrogens with zero attached hydrogens (tertiary/aromatic N) is 5. The van der Waals surface area contributed by atoms with E-state index in [4.69, 9.17) is 0 Å². The molecule has 0 amide bonds. The third-order valence-corrected chi connectivity index (χ3v) is 9.09. The number of aromatic nitrogens is 3. The van der Waals surface area contributed by atoms with Gasteiger partial charge in [0.2, 0.25) is 0 Å². The number of halogens is 2. The number of hydrogen-bond donors (Lipinski definition) is 1. The molecule has 8 nitrogen and oxygen atoms in total. The van der Waals surface area contributed by atoms with E-state index in [9.17, 15) is 14.9 Å². The number of nitrogens with one attached hydrogen (secondary N) is 1. The number of pyridine rings is 1. The van der Waals surface area contributed by atoms with E-state index in [-0.39, 0.29) is 16.9 Å². The van der Waals surface area contributed by atoms with E-state index in [1.807, 2.05) is 19.1 Å². The minimum Gasteiger partial charge on any atom is -0.363 e. The van der Waals surface area contributed by atoms with Gasteiger partial charge in [-0.05, 0) is 69.8 Å². The summed E-state index contributed by atoms with van der Waals surface area (Å²) in [6.45, 7) is 4.02. The number of nitriles is 1. The number of anilines is 1. The lowest BCUT2D eigenvalue weighted by Crippen LogP contribution is -2.39. The fourth-order valence-electron chi connectivity index (χ4n) is 6.32. The number of aryl methyl sites for hydroxylation is 2. The number of piperidine rings is 1. The van der Waals surface area contributed by atoms with Crippen molar-refractivity contribution in [3.8, 4) is 6.07 Å². The molecule has 3 aromatic rings. The molecule has 1 N–H and O–H groups in total. The van der Waals surface area contributed by atoms with Gasteiger partial charge in [-0.3, -0.25) is 18.8 Å².